The summed E-state index contributed by atoms with van der Waals surface area (Å²) in [5.41, 5.74) is 2.74. The highest BCUT2D eigenvalue weighted by molar-refractivity contribution is 7.98. The molecule has 2 aromatic rings. The Labute approximate surface area is 250 Å². The molecule has 0 fully saturated rings. The summed E-state index contributed by atoms with van der Waals surface area (Å²) < 4.78 is 21.8. The molecule has 12 heteroatoms. The van der Waals surface area contributed by atoms with Crippen molar-refractivity contribution < 1.29 is 33.3 Å². The number of thioether (sulfide) groups is 1. The Hall–Kier alpha value is -3.93. The molecule has 0 bridgehead atoms. The zero-order valence-electron chi connectivity index (χ0n) is 25.0. The van der Waals surface area contributed by atoms with Gasteiger partial charge in [-0.15, -0.1) is 0 Å². The lowest BCUT2D eigenvalue weighted by molar-refractivity contribution is -0.144. The van der Waals surface area contributed by atoms with E-state index < -0.39 is 30.0 Å². The summed E-state index contributed by atoms with van der Waals surface area (Å²) in [4.78, 5) is 50.9. The maximum atomic E-state index is 13.7. The number of hydrogen-bond donors (Lipinski definition) is 3. The minimum absolute atomic E-state index is 0.192. The summed E-state index contributed by atoms with van der Waals surface area (Å²) in [5.74, 6) is 0.748. The molecular formula is C30H39N3O8S. The van der Waals surface area contributed by atoms with Crippen LogP contribution in [0.4, 0.5) is 5.69 Å². The Balaban J connectivity index is 2.19. The molecule has 1 aliphatic rings. The maximum Gasteiger partial charge on any atom is 0.328 e. The molecule has 0 radical (unpaired) electrons. The van der Waals surface area contributed by atoms with Crippen molar-refractivity contribution in [2.75, 3.05) is 45.8 Å². The second-order valence-electron chi connectivity index (χ2n) is 9.83. The molecule has 11 nitrogen and oxygen atoms in total. The summed E-state index contributed by atoms with van der Waals surface area (Å²) in [5, 5.41) is 8.73. The Morgan fingerprint density at radius 3 is 2.36 bits per heavy atom. The highest BCUT2D eigenvalue weighted by atomic mass is 32.2. The van der Waals surface area contributed by atoms with Gasteiger partial charge in [-0.2, -0.15) is 11.8 Å². The van der Waals surface area contributed by atoms with Gasteiger partial charge >= 0.3 is 5.97 Å². The highest BCUT2D eigenvalue weighted by Gasteiger charge is 2.30. The topological polar surface area (TPSA) is 141 Å². The van der Waals surface area contributed by atoms with Gasteiger partial charge in [-0.1, -0.05) is 6.07 Å². The number of methoxy groups -OCH3 is 4. The quantitative estimate of drug-likeness (QED) is 0.311. The number of carbonyl (C=O) groups is 3. The zero-order valence-corrected chi connectivity index (χ0v) is 25.9. The van der Waals surface area contributed by atoms with E-state index in [0.29, 0.717) is 53.4 Å². The monoisotopic (exact) mass is 601 g/mol. The number of esters is 1. The molecule has 0 spiro atoms. The minimum atomic E-state index is -0.856. The van der Waals surface area contributed by atoms with E-state index in [9.17, 15) is 19.2 Å². The molecule has 0 aliphatic heterocycles. The fourth-order valence-electron chi connectivity index (χ4n) is 5.07. The lowest BCUT2D eigenvalue weighted by Crippen LogP contribution is -2.47. The van der Waals surface area contributed by atoms with Crippen molar-refractivity contribution in [3.8, 4) is 28.4 Å². The van der Waals surface area contributed by atoms with Crippen LogP contribution in [-0.2, 0) is 25.5 Å². The molecule has 0 heterocycles. The fraction of sp³-hybridized carbons (Fsp3) is 0.467. The third kappa shape index (κ3) is 7.28. The first-order chi connectivity index (χ1) is 20.1. The van der Waals surface area contributed by atoms with Crippen LogP contribution in [0.5, 0.6) is 17.2 Å². The van der Waals surface area contributed by atoms with E-state index in [-0.39, 0.29) is 17.0 Å². The van der Waals surface area contributed by atoms with Crippen LogP contribution in [0.2, 0.25) is 0 Å². The summed E-state index contributed by atoms with van der Waals surface area (Å²) in [6.07, 6.45) is 3.42. The number of hydrogen-bond acceptors (Lipinski definition) is 10. The normalized spacial score (nSPS) is 15.1. The molecule has 0 unspecified atom stereocenters. The second-order valence-corrected chi connectivity index (χ2v) is 10.8. The number of nitrogens with one attached hydrogen (secondary N) is 3. The van der Waals surface area contributed by atoms with Crippen molar-refractivity contribution >= 4 is 35.2 Å². The summed E-state index contributed by atoms with van der Waals surface area (Å²) >= 11 is 1.56. The van der Waals surface area contributed by atoms with E-state index in [1.807, 2.05) is 12.3 Å². The molecule has 2 amide bonds. The van der Waals surface area contributed by atoms with Crippen LogP contribution in [0.15, 0.2) is 29.1 Å². The number of fused-ring (bicyclic) bond motifs is 3. The Morgan fingerprint density at radius 1 is 1.05 bits per heavy atom. The van der Waals surface area contributed by atoms with Crippen LogP contribution in [0.25, 0.3) is 11.1 Å². The molecule has 0 saturated heterocycles. The van der Waals surface area contributed by atoms with Crippen LogP contribution in [-0.4, -0.2) is 70.3 Å². The highest BCUT2D eigenvalue weighted by Crippen LogP contribution is 2.50. The molecule has 0 saturated carbocycles. The lowest BCUT2D eigenvalue weighted by atomic mass is 9.95. The van der Waals surface area contributed by atoms with Gasteiger partial charge in [0.25, 0.3) is 0 Å². The first kappa shape index (κ1) is 32.6. The molecule has 0 aromatic heterocycles. The van der Waals surface area contributed by atoms with Crippen molar-refractivity contribution in [3.63, 3.8) is 0 Å². The van der Waals surface area contributed by atoms with E-state index in [1.165, 1.54) is 41.2 Å². The smallest absolute Gasteiger partial charge is 0.328 e. The van der Waals surface area contributed by atoms with Gasteiger partial charge in [-0.05, 0) is 73.1 Å². The van der Waals surface area contributed by atoms with E-state index in [2.05, 4.69) is 16.0 Å². The van der Waals surface area contributed by atoms with E-state index in [1.54, 1.807) is 31.0 Å². The zero-order chi connectivity index (χ0) is 31.0. The third-order valence-electron chi connectivity index (χ3n) is 7.09. The summed E-state index contributed by atoms with van der Waals surface area (Å²) in [6.45, 7) is 2.97. The van der Waals surface area contributed by atoms with E-state index in [0.717, 1.165) is 11.1 Å². The van der Waals surface area contributed by atoms with Gasteiger partial charge in [0.2, 0.25) is 23.0 Å². The average molecular weight is 602 g/mol. The van der Waals surface area contributed by atoms with Gasteiger partial charge in [-0.3, -0.25) is 14.4 Å². The van der Waals surface area contributed by atoms with Crippen LogP contribution < -0.4 is 35.6 Å². The fourth-order valence-corrected chi connectivity index (χ4v) is 5.54. The SMILES string of the molecule is COC(=O)[C@@H](C)NC(=O)[C@@H](CCSC)Nc1ccc2c(cc1=O)[C@H](NC(C)=O)CCc1cc(OC)c(OC)c(OC)c1-2. The number of carbonyl (C=O) groups excluding carboxylic acids is 3. The van der Waals surface area contributed by atoms with Crippen LogP contribution >= 0.6 is 11.8 Å². The van der Waals surface area contributed by atoms with Gasteiger partial charge in [-0.25, -0.2) is 4.79 Å². The van der Waals surface area contributed by atoms with Crippen LogP contribution in [0.3, 0.4) is 0 Å². The van der Waals surface area contributed by atoms with Gasteiger partial charge in [0, 0.05) is 12.5 Å². The van der Waals surface area contributed by atoms with Crippen LogP contribution in [0.1, 0.15) is 43.9 Å². The predicted molar refractivity (Wildman–Crippen MR) is 163 cm³/mol. The van der Waals surface area contributed by atoms with Crippen molar-refractivity contribution in [1.82, 2.24) is 10.6 Å². The molecule has 42 heavy (non-hydrogen) atoms. The first-order valence-electron chi connectivity index (χ1n) is 13.5. The Bertz CT molecular complexity index is 1380. The summed E-state index contributed by atoms with van der Waals surface area (Å²) in [7, 11) is 5.85. The first-order valence-corrected chi connectivity index (χ1v) is 14.9. The average Bonchev–Trinajstić information content (AvgIpc) is 3.21. The van der Waals surface area contributed by atoms with E-state index in [4.69, 9.17) is 18.9 Å². The predicted octanol–water partition coefficient (Wildman–Crippen LogP) is 3.07. The Kier molecular flexibility index (Phi) is 11.5. The number of anilines is 1. The number of rotatable bonds is 12. The molecular weight excluding hydrogens is 562 g/mol. The van der Waals surface area contributed by atoms with Gasteiger partial charge in [0.15, 0.2) is 11.5 Å². The Morgan fingerprint density at radius 2 is 1.76 bits per heavy atom. The van der Waals surface area contributed by atoms with Crippen molar-refractivity contribution in [2.24, 2.45) is 0 Å². The van der Waals surface area contributed by atoms with Crippen molar-refractivity contribution in [3.05, 3.63) is 45.6 Å². The van der Waals surface area contributed by atoms with Crippen molar-refractivity contribution in [2.45, 2.75) is 51.2 Å². The standard InChI is InChI=1S/C30H39N3O8S/c1-16(30(37)41-6)31-29(36)23(12-13-42-7)33-22-11-9-19-20(15-24(22)35)21(32-17(2)34)10-8-18-14-25(38-3)27(39-4)28(40-5)26(18)19/h9,11,14-16,21,23H,8,10,12-13H2,1-7H3,(H,31,36)(H,32,34)(H,33,35)/t16-,21-,23-/m1/s1. The molecule has 3 rings (SSSR count). The molecule has 228 valence electrons. The van der Waals surface area contributed by atoms with E-state index >= 15 is 0 Å². The second kappa shape index (κ2) is 14.8. The molecule has 2 aromatic carbocycles. The minimum Gasteiger partial charge on any atom is -0.493 e. The van der Waals surface area contributed by atoms with Gasteiger partial charge in [0.1, 0.15) is 12.1 Å². The molecule has 1 aliphatic carbocycles. The number of ether oxygens (including phenoxy) is 4. The van der Waals surface area contributed by atoms with Gasteiger partial charge in [0.05, 0.1) is 40.2 Å². The third-order valence-corrected chi connectivity index (χ3v) is 7.73. The number of amides is 2. The van der Waals surface area contributed by atoms with Gasteiger partial charge < -0.3 is 34.9 Å². The largest absolute Gasteiger partial charge is 0.493 e. The lowest BCUT2D eigenvalue weighted by Gasteiger charge is -2.20. The van der Waals surface area contributed by atoms with Crippen molar-refractivity contribution in [1.29, 1.82) is 0 Å². The number of aryl methyl sites for hydroxylation is 1. The number of benzene rings is 1. The molecule has 3 N–H and O–H groups in total. The molecule has 3 atom stereocenters. The van der Waals surface area contributed by atoms with Crippen LogP contribution in [0, 0.1) is 0 Å². The maximum absolute atomic E-state index is 13.7. The summed E-state index contributed by atoms with van der Waals surface area (Å²) in [6, 6.07) is 4.67.